The zero-order chi connectivity index (χ0) is 26.5. The molecule has 0 radical (unpaired) electrons. The monoisotopic (exact) mass is 567 g/mol. The van der Waals surface area contributed by atoms with E-state index in [1.165, 1.54) is 18.2 Å². The van der Waals surface area contributed by atoms with Crippen LogP contribution in [0.15, 0.2) is 70.8 Å². The Labute approximate surface area is 236 Å². The number of carbonyl (C=O) groups excluding carboxylic acids is 1. The summed E-state index contributed by atoms with van der Waals surface area (Å²) in [5.41, 5.74) is 2.31. The molecular formula is C29H27Cl2N3O3S. The van der Waals surface area contributed by atoms with Crippen molar-refractivity contribution in [3.63, 3.8) is 0 Å². The van der Waals surface area contributed by atoms with Gasteiger partial charge in [0.1, 0.15) is 6.61 Å². The number of hydrogen-bond donors (Lipinski definition) is 0. The zero-order valence-corrected chi connectivity index (χ0v) is 23.2. The number of methoxy groups -OCH3 is 1. The number of amidine groups is 1. The fourth-order valence-corrected chi connectivity index (χ4v) is 6.01. The van der Waals surface area contributed by atoms with Gasteiger partial charge >= 0.3 is 0 Å². The Balaban J connectivity index is 1.41. The lowest BCUT2D eigenvalue weighted by Gasteiger charge is -2.30. The number of hydrogen-bond acceptors (Lipinski definition) is 6. The van der Waals surface area contributed by atoms with Gasteiger partial charge in [-0.1, -0.05) is 66.7 Å². The second-order valence-electron chi connectivity index (χ2n) is 9.09. The van der Waals surface area contributed by atoms with E-state index >= 15 is 0 Å². The Hall–Kier alpha value is -3.00. The lowest BCUT2D eigenvalue weighted by Crippen LogP contribution is -2.40. The van der Waals surface area contributed by atoms with Crippen molar-refractivity contribution in [1.29, 1.82) is 0 Å². The minimum Gasteiger partial charge on any atom is -0.493 e. The summed E-state index contributed by atoms with van der Waals surface area (Å²) in [6.45, 7) is 0.318. The highest BCUT2D eigenvalue weighted by Gasteiger charge is 2.38. The third kappa shape index (κ3) is 6.01. The summed E-state index contributed by atoms with van der Waals surface area (Å²) in [6, 6.07) is 15.1. The number of ether oxygens (including phenoxy) is 2. The fraction of sp³-hybridized carbons (Fsp3) is 0.276. The Kier molecular flexibility index (Phi) is 8.57. The van der Waals surface area contributed by atoms with E-state index in [0.29, 0.717) is 43.9 Å². The normalized spacial score (nSPS) is 18.4. The molecule has 0 bridgehead atoms. The molecule has 2 fully saturated rings. The second-order valence-corrected chi connectivity index (χ2v) is 10.9. The predicted octanol–water partition coefficient (Wildman–Crippen LogP) is 7.91. The molecule has 1 amide bonds. The molecule has 0 atom stereocenters. The summed E-state index contributed by atoms with van der Waals surface area (Å²) >= 11 is 14.0. The van der Waals surface area contributed by atoms with Gasteiger partial charge in [-0.3, -0.25) is 14.7 Å². The predicted molar refractivity (Wildman–Crippen MR) is 154 cm³/mol. The molecule has 0 unspecified atom stereocenters. The molecule has 6 nitrogen and oxygen atoms in total. The summed E-state index contributed by atoms with van der Waals surface area (Å²) < 4.78 is 11.6. The summed E-state index contributed by atoms with van der Waals surface area (Å²) in [6.07, 6.45) is 10.4. The van der Waals surface area contributed by atoms with Crippen molar-refractivity contribution in [2.24, 2.45) is 4.99 Å². The van der Waals surface area contributed by atoms with Crippen LogP contribution in [0.25, 0.3) is 6.08 Å². The number of aliphatic imine (C=N–C) groups is 1. The number of nitrogens with zero attached hydrogens (tertiary/aromatic N) is 3. The minimum absolute atomic E-state index is 0.0381. The molecule has 2 heterocycles. The number of aromatic nitrogens is 1. The van der Waals surface area contributed by atoms with Gasteiger partial charge in [-0.15, -0.1) is 0 Å². The summed E-state index contributed by atoms with van der Waals surface area (Å²) in [7, 11) is 1.60. The molecule has 9 heteroatoms. The number of pyridine rings is 1. The molecule has 196 valence electrons. The third-order valence-electron chi connectivity index (χ3n) is 6.57. The molecule has 0 spiro atoms. The van der Waals surface area contributed by atoms with Crippen LogP contribution >= 0.6 is 35.0 Å². The van der Waals surface area contributed by atoms with Crippen LogP contribution in [-0.4, -0.2) is 34.1 Å². The van der Waals surface area contributed by atoms with Crippen LogP contribution in [0, 0.1) is 0 Å². The van der Waals surface area contributed by atoms with Crippen molar-refractivity contribution in [3.8, 4) is 11.5 Å². The Morgan fingerprint density at radius 1 is 1.08 bits per heavy atom. The quantitative estimate of drug-likeness (QED) is 0.271. The fourth-order valence-electron chi connectivity index (χ4n) is 4.60. The molecule has 1 saturated carbocycles. The topological polar surface area (TPSA) is 64.0 Å². The molecule has 5 rings (SSSR count). The van der Waals surface area contributed by atoms with E-state index in [0.717, 1.165) is 36.8 Å². The van der Waals surface area contributed by atoms with Crippen LogP contribution in [0.3, 0.4) is 0 Å². The summed E-state index contributed by atoms with van der Waals surface area (Å²) in [5.74, 6) is 1.13. The molecule has 1 aliphatic heterocycles. The number of benzene rings is 2. The van der Waals surface area contributed by atoms with Crippen molar-refractivity contribution in [2.45, 2.75) is 44.8 Å². The minimum atomic E-state index is -0.0381. The molecular weight excluding hydrogens is 541 g/mol. The first-order valence-electron chi connectivity index (χ1n) is 12.5. The molecule has 3 aromatic rings. The van der Waals surface area contributed by atoms with Crippen LogP contribution in [0.4, 0.5) is 5.69 Å². The smallest absolute Gasteiger partial charge is 0.267 e. The molecule has 1 aromatic heterocycles. The first-order valence-corrected chi connectivity index (χ1v) is 14.1. The van der Waals surface area contributed by atoms with Crippen LogP contribution in [0.5, 0.6) is 11.5 Å². The van der Waals surface area contributed by atoms with E-state index in [2.05, 4.69) is 4.98 Å². The maximum Gasteiger partial charge on any atom is 0.267 e. The average Bonchev–Trinajstić information content (AvgIpc) is 3.24. The standard InChI is InChI=1S/C29H27Cl2N3O3S/c1-36-26-15-19(11-12-25(26)37-18-20-7-5-6-10-22(20)30)16-27-28(35)34(21-8-3-2-4-9-21)29(38-27)33-24-13-14-32-17-23(24)31/h5-7,10-17,21H,2-4,8-9,18H2,1H3/b27-16-,33-29?. The maximum absolute atomic E-state index is 13.6. The lowest BCUT2D eigenvalue weighted by molar-refractivity contribution is -0.124. The van der Waals surface area contributed by atoms with Crippen molar-refractivity contribution in [1.82, 2.24) is 9.88 Å². The van der Waals surface area contributed by atoms with Crippen molar-refractivity contribution >= 4 is 57.8 Å². The SMILES string of the molecule is COc1cc(/C=C2\SC(=Nc3ccncc3Cl)N(C3CCCCC3)C2=O)ccc1OCc1ccccc1Cl. The largest absolute Gasteiger partial charge is 0.493 e. The van der Waals surface area contributed by atoms with Crippen molar-refractivity contribution < 1.29 is 14.3 Å². The number of thioether (sulfide) groups is 1. The van der Waals surface area contributed by atoms with Gasteiger partial charge < -0.3 is 9.47 Å². The van der Waals surface area contributed by atoms with E-state index in [4.69, 9.17) is 37.7 Å². The van der Waals surface area contributed by atoms with E-state index < -0.39 is 0 Å². The van der Waals surface area contributed by atoms with Gasteiger partial charge in [-0.2, -0.15) is 0 Å². The number of halogens is 2. The highest BCUT2D eigenvalue weighted by Crippen LogP contribution is 2.40. The maximum atomic E-state index is 13.6. The molecule has 38 heavy (non-hydrogen) atoms. The van der Waals surface area contributed by atoms with Gasteiger partial charge in [-0.25, -0.2) is 4.99 Å². The van der Waals surface area contributed by atoms with Crippen molar-refractivity contribution in [2.75, 3.05) is 7.11 Å². The van der Waals surface area contributed by atoms with Gasteiger partial charge in [0.2, 0.25) is 0 Å². The third-order valence-corrected chi connectivity index (χ3v) is 8.21. The van der Waals surface area contributed by atoms with Crippen molar-refractivity contribution in [3.05, 3.63) is 87.0 Å². The molecule has 0 N–H and O–H groups in total. The van der Waals surface area contributed by atoms with E-state index in [1.807, 2.05) is 53.4 Å². The molecule has 2 aliphatic rings. The Morgan fingerprint density at radius 2 is 1.89 bits per heavy atom. The number of carbonyl (C=O) groups is 1. The number of amides is 1. The Morgan fingerprint density at radius 3 is 2.66 bits per heavy atom. The highest BCUT2D eigenvalue weighted by molar-refractivity contribution is 8.18. The van der Waals surface area contributed by atoms with Crippen LogP contribution in [-0.2, 0) is 11.4 Å². The van der Waals surface area contributed by atoms with Gasteiger partial charge in [-0.05, 0) is 60.5 Å². The van der Waals surface area contributed by atoms with Gasteiger partial charge in [0, 0.05) is 29.0 Å². The van der Waals surface area contributed by atoms with E-state index in [9.17, 15) is 4.79 Å². The van der Waals surface area contributed by atoms with Gasteiger partial charge in [0.25, 0.3) is 5.91 Å². The van der Waals surface area contributed by atoms with Crippen LogP contribution in [0.1, 0.15) is 43.2 Å². The zero-order valence-electron chi connectivity index (χ0n) is 20.9. The summed E-state index contributed by atoms with van der Waals surface area (Å²) in [5, 5.41) is 1.75. The van der Waals surface area contributed by atoms with Gasteiger partial charge in [0.05, 0.1) is 22.7 Å². The van der Waals surface area contributed by atoms with Gasteiger partial charge in [0.15, 0.2) is 16.7 Å². The van der Waals surface area contributed by atoms with E-state index in [1.54, 1.807) is 25.6 Å². The number of rotatable bonds is 7. The van der Waals surface area contributed by atoms with Crippen LogP contribution in [0.2, 0.25) is 10.0 Å². The highest BCUT2D eigenvalue weighted by atomic mass is 35.5. The molecule has 2 aromatic carbocycles. The second kappa shape index (κ2) is 12.2. The Bertz CT molecular complexity index is 1390. The first-order chi connectivity index (χ1) is 18.5. The molecule has 1 aliphatic carbocycles. The van der Waals surface area contributed by atoms with Crippen LogP contribution < -0.4 is 9.47 Å². The van der Waals surface area contributed by atoms with E-state index in [-0.39, 0.29) is 11.9 Å². The average molecular weight is 569 g/mol. The first kappa shape index (κ1) is 26.6. The lowest BCUT2D eigenvalue weighted by atomic mass is 9.94. The molecule has 1 saturated heterocycles. The summed E-state index contributed by atoms with van der Waals surface area (Å²) in [4.78, 5) is 24.9.